The molecule has 0 aliphatic rings. The third-order valence-electron chi connectivity index (χ3n) is 0.381. The average Bonchev–Trinajstić information content (AvgIpc) is 1.65. The molecule has 0 aliphatic heterocycles. The fourth-order valence-electron chi connectivity index (χ4n) is 0.0504. The first kappa shape index (κ1) is 5.97. The zero-order valence-electron chi connectivity index (χ0n) is 3.55. The number of nitrogens with two attached hydrogens (primary N) is 1. The van der Waals surface area contributed by atoms with Gasteiger partial charge in [0.1, 0.15) is 0 Å². The van der Waals surface area contributed by atoms with Gasteiger partial charge in [-0.15, -0.1) is 0 Å². The van der Waals surface area contributed by atoms with Crippen molar-refractivity contribution in [1.29, 1.82) is 0 Å². The number of carboxylic acids is 1. The number of rotatable bonds is 2. The van der Waals surface area contributed by atoms with Crippen molar-refractivity contribution in [2.24, 2.45) is 5.90 Å². The Morgan fingerprint density at radius 3 is 2.29 bits per heavy atom. The predicted octanol–water partition coefficient (Wildman–Crippen LogP) is -0.525. The van der Waals surface area contributed by atoms with Crippen molar-refractivity contribution in [2.75, 3.05) is 0 Å². The van der Waals surface area contributed by atoms with Crippen molar-refractivity contribution in [2.45, 2.75) is 0 Å². The van der Waals surface area contributed by atoms with Gasteiger partial charge in [0.15, 0.2) is 0 Å². The van der Waals surface area contributed by atoms with E-state index in [9.17, 15) is 4.79 Å². The molecular weight excluding hydrogens is 98.0 g/mol. The molecule has 0 aromatic rings. The molecule has 0 fully saturated rings. The summed E-state index contributed by atoms with van der Waals surface area (Å²) in [6.45, 7) is 2.93. The quantitative estimate of drug-likeness (QED) is 0.280. The summed E-state index contributed by atoms with van der Waals surface area (Å²) in [5.41, 5.74) is 0. The van der Waals surface area contributed by atoms with Gasteiger partial charge in [0.25, 0.3) is 0 Å². The van der Waals surface area contributed by atoms with Crippen molar-refractivity contribution < 1.29 is 14.7 Å². The highest BCUT2D eigenvalue weighted by molar-refractivity contribution is 5.83. The number of hydrogen-bond acceptors (Lipinski definition) is 3. The fourth-order valence-corrected chi connectivity index (χ4v) is 0.0504. The molecular formula is C3H5NO3. The molecule has 40 valence electrons. The van der Waals surface area contributed by atoms with Gasteiger partial charge in [-0.3, -0.25) is 0 Å². The molecule has 0 saturated carbocycles. The van der Waals surface area contributed by atoms with E-state index in [1.165, 1.54) is 0 Å². The third kappa shape index (κ3) is 1.77. The van der Waals surface area contributed by atoms with Crippen molar-refractivity contribution >= 4 is 5.97 Å². The summed E-state index contributed by atoms with van der Waals surface area (Å²) in [5.74, 6) is 2.69. The second-order valence-corrected chi connectivity index (χ2v) is 0.846. The van der Waals surface area contributed by atoms with Gasteiger partial charge < -0.3 is 9.94 Å². The Kier molecular flexibility index (Phi) is 1.87. The van der Waals surface area contributed by atoms with Gasteiger partial charge >= 0.3 is 5.97 Å². The fraction of sp³-hybridized carbons (Fsp3) is 0. The van der Waals surface area contributed by atoms with Crippen LogP contribution in [0.3, 0.4) is 0 Å². The summed E-state index contributed by atoms with van der Waals surface area (Å²) in [7, 11) is 0. The van der Waals surface area contributed by atoms with Crippen LogP contribution in [0.15, 0.2) is 12.3 Å². The van der Waals surface area contributed by atoms with Gasteiger partial charge in [-0.05, 0) is 6.58 Å². The van der Waals surface area contributed by atoms with Gasteiger partial charge in [0.2, 0.25) is 5.76 Å². The van der Waals surface area contributed by atoms with Crippen LogP contribution in [0.1, 0.15) is 0 Å². The first-order valence-electron chi connectivity index (χ1n) is 1.47. The highest BCUT2D eigenvalue weighted by Gasteiger charge is 2.00. The molecule has 0 saturated heterocycles. The maximum absolute atomic E-state index is 9.63. The second kappa shape index (κ2) is 2.20. The molecule has 0 unspecified atom stereocenters. The topological polar surface area (TPSA) is 72.5 Å². The van der Waals surface area contributed by atoms with Crippen molar-refractivity contribution in [1.82, 2.24) is 0 Å². The molecule has 4 nitrogen and oxygen atoms in total. The number of carboxylic acid groups (broad SMARTS) is 1. The Bertz CT molecular complexity index is 98.4. The molecule has 0 radical (unpaired) electrons. The van der Waals surface area contributed by atoms with Crippen LogP contribution in [0, 0.1) is 0 Å². The lowest BCUT2D eigenvalue weighted by Gasteiger charge is -1.91. The number of aliphatic carboxylic acids is 1. The molecule has 7 heavy (non-hydrogen) atoms. The summed E-state index contributed by atoms with van der Waals surface area (Å²) >= 11 is 0. The van der Waals surface area contributed by atoms with Gasteiger partial charge in [-0.25, -0.2) is 4.79 Å². The van der Waals surface area contributed by atoms with E-state index in [0.29, 0.717) is 0 Å². The molecule has 0 aromatic carbocycles. The van der Waals surface area contributed by atoms with Crippen LogP contribution in [0.5, 0.6) is 0 Å². The van der Waals surface area contributed by atoms with Crippen molar-refractivity contribution in [3.63, 3.8) is 0 Å². The molecule has 0 atom stereocenters. The Labute approximate surface area is 40.1 Å². The smallest absolute Gasteiger partial charge is 0.373 e. The van der Waals surface area contributed by atoms with Gasteiger partial charge in [0, 0.05) is 0 Å². The Hall–Kier alpha value is -1.03. The zero-order valence-corrected chi connectivity index (χ0v) is 3.55. The van der Waals surface area contributed by atoms with Gasteiger partial charge in [0.05, 0.1) is 0 Å². The van der Waals surface area contributed by atoms with E-state index in [2.05, 4.69) is 17.3 Å². The lowest BCUT2D eigenvalue weighted by Crippen LogP contribution is -2.07. The second-order valence-electron chi connectivity index (χ2n) is 0.846. The lowest BCUT2D eigenvalue weighted by atomic mass is 10.6. The number of hydrogen-bond donors (Lipinski definition) is 2. The summed E-state index contributed by atoms with van der Waals surface area (Å²) in [4.78, 5) is 13.3. The molecule has 0 rings (SSSR count). The van der Waals surface area contributed by atoms with Gasteiger partial charge in [-0.2, -0.15) is 5.90 Å². The lowest BCUT2D eigenvalue weighted by molar-refractivity contribution is -0.136. The van der Waals surface area contributed by atoms with E-state index in [-0.39, 0.29) is 0 Å². The van der Waals surface area contributed by atoms with Crippen LogP contribution in [0.4, 0.5) is 0 Å². The summed E-state index contributed by atoms with van der Waals surface area (Å²) in [6.07, 6.45) is 0. The first-order valence-corrected chi connectivity index (χ1v) is 1.47. The normalized spacial score (nSPS) is 7.57. The van der Waals surface area contributed by atoms with E-state index in [4.69, 9.17) is 5.11 Å². The van der Waals surface area contributed by atoms with Crippen LogP contribution >= 0.6 is 0 Å². The summed E-state index contributed by atoms with van der Waals surface area (Å²) < 4.78 is 0. The van der Waals surface area contributed by atoms with Crippen LogP contribution in [-0.2, 0) is 9.63 Å². The summed E-state index contributed by atoms with van der Waals surface area (Å²) in [6, 6.07) is 0. The molecule has 3 N–H and O–H groups in total. The molecule has 0 spiro atoms. The van der Waals surface area contributed by atoms with Crippen LogP contribution < -0.4 is 5.90 Å². The summed E-state index contributed by atoms with van der Waals surface area (Å²) in [5, 5.41) is 7.88. The molecule has 0 heterocycles. The molecule has 0 bridgehead atoms. The van der Waals surface area contributed by atoms with E-state index in [1.54, 1.807) is 0 Å². The standard InChI is InChI=1S/C3H5NO3/c1-2(7-4)3(5)6/h1,4H2,(H,5,6). The minimum atomic E-state index is -1.25. The molecule has 0 amide bonds. The SMILES string of the molecule is C=C(ON)C(=O)O. The Morgan fingerprint density at radius 2 is 2.29 bits per heavy atom. The predicted molar refractivity (Wildman–Crippen MR) is 22.0 cm³/mol. The zero-order chi connectivity index (χ0) is 5.86. The minimum Gasteiger partial charge on any atom is -0.475 e. The molecule has 0 aliphatic carbocycles. The highest BCUT2D eigenvalue weighted by atomic mass is 16.6. The third-order valence-corrected chi connectivity index (χ3v) is 0.381. The van der Waals surface area contributed by atoms with Crippen LogP contribution in [0.25, 0.3) is 0 Å². The van der Waals surface area contributed by atoms with E-state index in [0.717, 1.165) is 0 Å². The minimum absolute atomic E-state index is 0.458. The average molecular weight is 103 g/mol. The van der Waals surface area contributed by atoms with E-state index < -0.39 is 11.7 Å². The largest absolute Gasteiger partial charge is 0.475 e. The van der Waals surface area contributed by atoms with Gasteiger partial charge in [-0.1, -0.05) is 0 Å². The van der Waals surface area contributed by atoms with Crippen molar-refractivity contribution in [3.8, 4) is 0 Å². The molecule has 0 aromatic heterocycles. The van der Waals surface area contributed by atoms with Crippen LogP contribution in [0.2, 0.25) is 0 Å². The van der Waals surface area contributed by atoms with E-state index in [1.807, 2.05) is 0 Å². The maximum Gasteiger partial charge on any atom is 0.373 e. The number of carbonyl (C=O) groups is 1. The monoisotopic (exact) mass is 103 g/mol. The first-order chi connectivity index (χ1) is 3.18. The Balaban J connectivity index is 3.58. The molecule has 4 heteroatoms. The van der Waals surface area contributed by atoms with Crippen LogP contribution in [-0.4, -0.2) is 11.1 Å². The van der Waals surface area contributed by atoms with Crippen molar-refractivity contribution in [3.05, 3.63) is 12.3 Å². The Morgan fingerprint density at radius 1 is 1.86 bits per heavy atom. The maximum atomic E-state index is 9.63. The van der Waals surface area contributed by atoms with E-state index >= 15 is 0 Å². The highest BCUT2D eigenvalue weighted by Crippen LogP contribution is 1.83.